The predicted molar refractivity (Wildman–Crippen MR) is 116 cm³/mol. The molecule has 0 aliphatic rings. The van der Waals surface area contributed by atoms with Gasteiger partial charge in [-0.15, -0.1) is 0 Å². The van der Waals surface area contributed by atoms with Crippen molar-refractivity contribution < 1.29 is 36.1 Å². The Balaban J connectivity index is 0.000000278. The second kappa shape index (κ2) is 10.1. The Labute approximate surface area is 184 Å². The molecule has 0 bridgehead atoms. The molecule has 0 saturated carbocycles. The Bertz CT molecular complexity index is 1290. The Morgan fingerprint density at radius 1 is 0.781 bits per heavy atom. The lowest BCUT2D eigenvalue weighted by molar-refractivity contribution is 0.0690. The van der Waals surface area contributed by atoms with Crippen LogP contribution in [0.25, 0.3) is 0 Å². The SMILES string of the molecule is Nc1ccc(S(=O)(=O)NOc2ccccc2C(=O)O)cc1.Nc1ccc(S(=O)(=O)O)cc1. The number of anilines is 2. The van der Waals surface area contributed by atoms with Gasteiger partial charge in [-0.3, -0.25) is 4.55 Å². The minimum Gasteiger partial charge on any atom is -0.478 e. The van der Waals surface area contributed by atoms with Crippen molar-refractivity contribution >= 4 is 37.5 Å². The van der Waals surface area contributed by atoms with Crippen LogP contribution in [0.3, 0.4) is 0 Å². The number of aromatic carboxylic acids is 1. The average Bonchev–Trinajstić information content (AvgIpc) is 2.73. The number of nitrogen functional groups attached to an aromatic ring is 2. The van der Waals surface area contributed by atoms with E-state index in [1.807, 2.05) is 4.89 Å². The van der Waals surface area contributed by atoms with Crippen LogP contribution in [-0.4, -0.2) is 32.5 Å². The minimum absolute atomic E-state index is 0.0514. The van der Waals surface area contributed by atoms with Gasteiger partial charge in [0.25, 0.3) is 20.1 Å². The van der Waals surface area contributed by atoms with E-state index in [9.17, 15) is 21.6 Å². The quantitative estimate of drug-likeness (QED) is 0.196. The molecule has 3 rings (SSSR count). The predicted octanol–water partition coefficient (Wildman–Crippen LogP) is 1.75. The molecule has 0 fully saturated rings. The highest BCUT2D eigenvalue weighted by molar-refractivity contribution is 7.89. The van der Waals surface area contributed by atoms with Crippen molar-refractivity contribution in [2.24, 2.45) is 0 Å². The van der Waals surface area contributed by atoms with Gasteiger partial charge in [-0.25, -0.2) is 13.2 Å². The third kappa shape index (κ3) is 6.95. The molecule has 0 aromatic heterocycles. The molecule has 0 unspecified atom stereocenters. The lowest BCUT2D eigenvalue weighted by atomic mass is 10.2. The fraction of sp³-hybridized carbons (Fsp3) is 0. The second-order valence-electron chi connectivity index (χ2n) is 6.10. The Hall–Kier alpha value is -3.65. The lowest BCUT2D eigenvalue weighted by Gasteiger charge is -2.10. The van der Waals surface area contributed by atoms with Crippen LogP contribution in [0.2, 0.25) is 0 Å². The van der Waals surface area contributed by atoms with E-state index >= 15 is 0 Å². The van der Waals surface area contributed by atoms with E-state index in [4.69, 9.17) is 26.0 Å². The van der Waals surface area contributed by atoms with E-state index in [-0.39, 0.29) is 21.1 Å². The van der Waals surface area contributed by atoms with Crippen molar-refractivity contribution in [1.82, 2.24) is 4.89 Å². The summed E-state index contributed by atoms with van der Waals surface area (Å²) in [7, 11) is -8.01. The molecule has 0 saturated heterocycles. The van der Waals surface area contributed by atoms with Gasteiger partial charge in [0.15, 0.2) is 5.75 Å². The second-order valence-corrected chi connectivity index (χ2v) is 9.17. The Kier molecular flexibility index (Phi) is 7.77. The van der Waals surface area contributed by atoms with E-state index in [1.54, 1.807) is 0 Å². The van der Waals surface area contributed by atoms with Gasteiger partial charge in [0.2, 0.25) is 0 Å². The number of carbonyl (C=O) groups is 1. The molecule has 7 N–H and O–H groups in total. The van der Waals surface area contributed by atoms with Gasteiger partial charge in [-0.1, -0.05) is 12.1 Å². The van der Waals surface area contributed by atoms with Crippen LogP contribution >= 0.6 is 0 Å². The maximum atomic E-state index is 12.0. The number of rotatable bonds is 6. The van der Waals surface area contributed by atoms with E-state index in [1.165, 1.54) is 72.8 Å². The molecule has 0 atom stereocenters. The first-order chi connectivity index (χ1) is 14.9. The highest BCUT2D eigenvalue weighted by atomic mass is 32.2. The van der Waals surface area contributed by atoms with Gasteiger partial charge in [0.1, 0.15) is 5.56 Å². The number of carboxylic acid groups (broad SMARTS) is 1. The summed E-state index contributed by atoms with van der Waals surface area (Å²) >= 11 is 0. The first kappa shape index (κ1) is 24.6. The van der Waals surface area contributed by atoms with Crippen molar-refractivity contribution in [1.29, 1.82) is 0 Å². The highest BCUT2D eigenvalue weighted by Crippen LogP contribution is 2.18. The van der Waals surface area contributed by atoms with Gasteiger partial charge >= 0.3 is 5.97 Å². The zero-order valence-electron chi connectivity index (χ0n) is 16.2. The van der Waals surface area contributed by atoms with Crippen LogP contribution in [0, 0.1) is 0 Å². The summed E-state index contributed by atoms with van der Waals surface area (Å²) in [5.41, 5.74) is 11.5. The molecule has 0 aliphatic carbocycles. The van der Waals surface area contributed by atoms with Gasteiger partial charge in [0, 0.05) is 11.4 Å². The number of carboxylic acids is 1. The molecule has 0 aliphatic heterocycles. The molecule has 0 spiro atoms. The maximum absolute atomic E-state index is 12.0. The van der Waals surface area contributed by atoms with Gasteiger partial charge in [-0.05, 0) is 65.5 Å². The molecule has 0 radical (unpaired) electrons. The molecule has 11 nitrogen and oxygen atoms in total. The molecule has 13 heteroatoms. The number of nitrogens with one attached hydrogen (secondary N) is 1. The van der Waals surface area contributed by atoms with Crippen LogP contribution in [0.15, 0.2) is 82.6 Å². The van der Waals surface area contributed by atoms with Crippen molar-refractivity contribution in [2.45, 2.75) is 9.79 Å². The van der Waals surface area contributed by atoms with E-state index < -0.39 is 26.1 Å². The summed E-state index contributed by atoms with van der Waals surface area (Å²) < 4.78 is 53.4. The molecular weight excluding hydrogens is 462 g/mol. The van der Waals surface area contributed by atoms with Crippen molar-refractivity contribution in [3.8, 4) is 5.75 Å². The highest BCUT2D eigenvalue weighted by Gasteiger charge is 2.17. The zero-order valence-corrected chi connectivity index (χ0v) is 17.9. The smallest absolute Gasteiger partial charge is 0.339 e. The lowest BCUT2D eigenvalue weighted by Crippen LogP contribution is -2.28. The fourth-order valence-electron chi connectivity index (χ4n) is 2.17. The van der Waals surface area contributed by atoms with Crippen LogP contribution in [0.5, 0.6) is 5.75 Å². The number of para-hydroxylation sites is 1. The Morgan fingerprint density at radius 2 is 1.25 bits per heavy atom. The van der Waals surface area contributed by atoms with Crippen LogP contribution in [-0.2, 0) is 20.1 Å². The third-order valence-electron chi connectivity index (χ3n) is 3.75. The molecule has 0 amide bonds. The normalized spacial score (nSPS) is 11.2. The summed E-state index contributed by atoms with van der Waals surface area (Å²) in [5.74, 6) is -1.33. The van der Waals surface area contributed by atoms with Crippen LogP contribution in [0.4, 0.5) is 11.4 Å². The number of hydrogen-bond donors (Lipinski definition) is 5. The maximum Gasteiger partial charge on any atom is 0.339 e. The number of hydrogen-bond acceptors (Lipinski definition) is 8. The standard InChI is InChI=1S/C13H12N2O5S.C6H7NO3S/c14-9-5-7-10(8-6-9)21(18,19)15-20-12-4-2-1-3-11(12)13(16)17;7-5-1-3-6(4-2-5)11(8,9)10/h1-8,15H,14H2,(H,16,17);1-4H,7H2,(H,8,9,10). The minimum atomic E-state index is -4.08. The van der Waals surface area contributed by atoms with Crippen molar-refractivity contribution in [3.05, 3.63) is 78.4 Å². The molecule has 32 heavy (non-hydrogen) atoms. The first-order valence-electron chi connectivity index (χ1n) is 8.60. The van der Waals surface area contributed by atoms with Crippen LogP contribution < -0.4 is 21.2 Å². The van der Waals surface area contributed by atoms with E-state index in [0.717, 1.165) is 0 Å². The van der Waals surface area contributed by atoms with Gasteiger partial charge in [-0.2, -0.15) is 8.42 Å². The summed E-state index contributed by atoms with van der Waals surface area (Å²) in [6, 6.07) is 16.4. The van der Waals surface area contributed by atoms with E-state index in [2.05, 4.69) is 0 Å². The fourth-order valence-corrected chi connectivity index (χ4v) is 3.44. The molecule has 3 aromatic carbocycles. The third-order valence-corrected chi connectivity index (χ3v) is 5.81. The summed E-state index contributed by atoms with van der Waals surface area (Å²) in [5, 5.41) is 8.97. The summed E-state index contributed by atoms with van der Waals surface area (Å²) in [4.78, 5) is 17.6. The average molecular weight is 482 g/mol. The number of nitrogens with two attached hydrogens (primary N) is 2. The summed E-state index contributed by atoms with van der Waals surface area (Å²) in [6.07, 6.45) is 0. The monoisotopic (exact) mass is 481 g/mol. The Morgan fingerprint density at radius 3 is 1.72 bits per heavy atom. The molecule has 170 valence electrons. The van der Waals surface area contributed by atoms with Crippen molar-refractivity contribution in [2.75, 3.05) is 11.5 Å². The van der Waals surface area contributed by atoms with Gasteiger partial charge in [0.05, 0.1) is 9.79 Å². The van der Waals surface area contributed by atoms with E-state index in [0.29, 0.717) is 11.4 Å². The molecule has 3 aromatic rings. The first-order valence-corrected chi connectivity index (χ1v) is 11.5. The summed E-state index contributed by atoms with van der Waals surface area (Å²) in [6.45, 7) is 0. The largest absolute Gasteiger partial charge is 0.478 e. The van der Waals surface area contributed by atoms with Gasteiger partial charge < -0.3 is 21.4 Å². The number of sulfonamides is 1. The van der Waals surface area contributed by atoms with Crippen LogP contribution in [0.1, 0.15) is 10.4 Å². The molecular formula is C19H19N3O8S2. The zero-order chi connectivity index (χ0) is 23.9. The molecule has 0 heterocycles. The van der Waals surface area contributed by atoms with Crippen molar-refractivity contribution in [3.63, 3.8) is 0 Å². The number of benzene rings is 3. The topological polar surface area (TPSA) is 199 Å².